The molecule has 577 valence electrons. The highest BCUT2D eigenvalue weighted by molar-refractivity contribution is 6.83. The number of aliphatic hydroxyl groups is 3. The third-order valence-electron chi connectivity index (χ3n) is 22.9. The lowest BCUT2D eigenvalue weighted by Crippen LogP contribution is -2.58. The number of benzene rings is 4. The van der Waals surface area contributed by atoms with Crippen molar-refractivity contribution in [3.63, 3.8) is 0 Å². The van der Waals surface area contributed by atoms with Gasteiger partial charge in [-0.25, -0.2) is 19.0 Å². The van der Waals surface area contributed by atoms with Gasteiger partial charge in [-0.2, -0.15) is 0 Å². The van der Waals surface area contributed by atoms with Crippen molar-refractivity contribution in [1.29, 1.82) is 0 Å². The van der Waals surface area contributed by atoms with E-state index in [1.165, 1.54) is 9.03 Å². The number of nitrogens with one attached hydrogen (secondary N) is 2. The summed E-state index contributed by atoms with van der Waals surface area (Å²) in [6.07, 6.45) is 20.2. The van der Waals surface area contributed by atoms with Crippen LogP contribution in [0.25, 0.3) is 44.2 Å². The number of hydrogen-bond donors (Lipinski definition) is 7. The SMILES string of the molecule is C#CC1(O)CN2CCC1CC2.C[C@H](NC(=O)c1c(N)nn2cccnc12)c1cc2cccc(C#CC3(O)CN4CCC3CC4)c2c(=O)n1-c1ccccc1.C[C@H](NC(=O)c1c(N)nn2cccnc12)c1cc2cccc(Cl)c2c(=O)n1-c1ccccc1.C[Si](C)(C)C#CC1(O)CN2CCC1CC2.O=C1CN2CCC1CC2.[B]. The molecule has 0 spiro atoms. The lowest BCUT2D eigenvalue weighted by atomic mass is 9.75. The van der Waals surface area contributed by atoms with Crippen LogP contribution in [0.4, 0.5) is 11.6 Å². The van der Waals surface area contributed by atoms with Crippen molar-refractivity contribution in [2.24, 2.45) is 23.7 Å². The summed E-state index contributed by atoms with van der Waals surface area (Å²) in [5.41, 5.74) is 16.4. The van der Waals surface area contributed by atoms with Crippen LogP contribution < -0.4 is 33.2 Å². The van der Waals surface area contributed by atoms with Gasteiger partial charge in [-0.3, -0.25) is 52.7 Å². The molecule has 9 N–H and O–H groups in total. The van der Waals surface area contributed by atoms with E-state index in [4.69, 9.17) is 29.5 Å². The van der Waals surface area contributed by atoms with Gasteiger partial charge in [-0.15, -0.1) is 22.2 Å². The molecule has 27 heteroatoms. The fourth-order valence-electron chi connectivity index (χ4n) is 16.9. The molecule has 6 aromatic heterocycles. The van der Waals surface area contributed by atoms with E-state index in [0.717, 1.165) is 117 Å². The molecular weight excluding hydrogens is 1450 g/mol. The first kappa shape index (κ1) is 79.8. The third-order valence-corrected chi connectivity index (χ3v) is 24.1. The molecule has 12 aliphatic heterocycles. The van der Waals surface area contributed by atoms with Crippen LogP contribution in [-0.4, -0.2) is 203 Å². The number of pyridine rings is 2. The molecule has 18 heterocycles. The Morgan fingerprint density at radius 1 is 0.562 bits per heavy atom. The van der Waals surface area contributed by atoms with Crippen molar-refractivity contribution in [2.75, 3.05) is 90.0 Å². The van der Waals surface area contributed by atoms with Gasteiger partial charge in [-0.1, -0.05) is 116 Å². The third kappa shape index (κ3) is 16.8. The van der Waals surface area contributed by atoms with Crippen molar-refractivity contribution in [1.82, 2.24) is 68.6 Å². The quantitative estimate of drug-likeness (QED) is 0.0560. The van der Waals surface area contributed by atoms with Crippen LogP contribution in [0.2, 0.25) is 24.7 Å². The molecule has 12 aliphatic rings. The molecule has 0 saturated carbocycles. The first-order chi connectivity index (χ1) is 53.3. The van der Waals surface area contributed by atoms with Gasteiger partial charge in [0.25, 0.3) is 22.9 Å². The molecule has 4 aromatic carbocycles. The number of carbonyl (C=O) groups is 3. The highest BCUT2D eigenvalue weighted by atomic mass is 35.5. The lowest BCUT2D eigenvalue weighted by Gasteiger charge is -2.48. The van der Waals surface area contributed by atoms with Crippen molar-refractivity contribution < 1.29 is 29.7 Å². The average Bonchev–Trinajstić information content (AvgIpc) is 1.02. The molecule has 22 rings (SSSR count). The Morgan fingerprint density at radius 2 is 0.982 bits per heavy atom. The summed E-state index contributed by atoms with van der Waals surface area (Å²) in [6.45, 7) is 21.9. The van der Waals surface area contributed by atoms with Crippen molar-refractivity contribution in [3.05, 3.63) is 200 Å². The van der Waals surface area contributed by atoms with E-state index in [2.05, 4.69) is 99.3 Å². The largest absolute Gasteiger partial charge is 0.381 e. The lowest BCUT2D eigenvalue weighted by molar-refractivity contribution is -0.130. The van der Waals surface area contributed by atoms with Crippen molar-refractivity contribution in [2.45, 2.75) is 114 Å². The normalized spacial score (nSPS) is 25.4. The van der Waals surface area contributed by atoms with Gasteiger partial charge >= 0.3 is 0 Å². The molecule has 8 bridgehead atoms. The topological polar surface area (TPSA) is 305 Å². The minimum Gasteiger partial charge on any atom is -0.381 e. The highest BCUT2D eigenvalue weighted by Gasteiger charge is 2.47. The minimum absolute atomic E-state index is 0. The zero-order valence-corrected chi connectivity index (χ0v) is 65.7. The van der Waals surface area contributed by atoms with Crippen LogP contribution in [0.3, 0.4) is 0 Å². The van der Waals surface area contributed by atoms with Crippen molar-refractivity contribution >= 4 is 90.2 Å². The zero-order chi connectivity index (χ0) is 78.1. The molecule has 12 saturated heterocycles. The molecular formula is C85H95BClN16O8Si. The predicted molar refractivity (Wildman–Crippen MR) is 440 cm³/mol. The molecule has 3 radical (unpaired) electrons. The Labute approximate surface area is 659 Å². The molecule has 5 atom stereocenters. The van der Waals surface area contributed by atoms with Crippen LogP contribution in [0.1, 0.15) is 115 Å². The Hall–Kier alpha value is -10.3. The molecule has 24 nitrogen and oxygen atoms in total. The van der Waals surface area contributed by atoms with Gasteiger partial charge in [0.1, 0.15) is 41.8 Å². The van der Waals surface area contributed by atoms with Crippen LogP contribution in [0.5, 0.6) is 0 Å². The summed E-state index contributed by atoms with van der Waals surface area (Å²) in [5, 5.41) is 48.7. The Bertz CT molecular complexity index is 5480. The summed E-state index contributed by atoms with van der Waals surface area (Å²) in [7, 11) is -1.36. The summed E-state index contributed by atoms with van der Waals surface area (Å²) in [5.74, 6) is 13.1. The number of halogens is 1. The van der Waals surface area contributed by atoms with E-state index < -0.39 is 48.8 Å². The Kier molecular flexibility index (Phi) is 23.6. The van der Waals surface area contributed by atoms with Gasteiger partial charge in [0.05, 0.1) is 34.4 Å². The smallest absolute Gasteiger partial charge is 0.264 e. The summed E-state index contributed by atoms with van der Waals surface area (Å²) in [4.78, 5) is 83.2. The maximum absolute atomic E-state index is 14.3. The van der Waals surface area contributed by atoms with E-state index in [-0.39, 0.29) is 48.2 Å². The van der Waals surface area contributed by atoms with Crippen LogP contribution in [0, 0.1) is 59.3 Å². The summed E-state index contributed by atoms with van der Waals surface area (Å²) < 4.78 is 6.09. The van der Waals surface area contributed by atoms with E-state index in [1.54, 1.807) is 65.1 Å². The number of amides is 2. The second-order valence-electron chi connectivity index (χ2n) is 31.6. The molecule has 0 aliphatic carbocycles. The number of Topliss-reactive ketones (excluding diaryl/α,β-unsaturated/α-hetero) is 1. The first-order valence-corrected chi connectivity index (χ1v) is 42.2. The Morgan fingerprint density at radius 3 is 1.38 bits per heavy atom. The van der Waals surface area contributed by atoms with Gasteiger partial charge in [0, 0.05) is 105 Å². The number of para-hydroxylation sites is 2. The predicted octanol–water partition coefficient (Wildman–Crippen LogP) is 7.98. The number of rotatable bonds is 8. The van der Waals surface area contributed by atoms with Crippen LogP contribution >= 0.6 is 11.6 Å². The monoisotopic (exact) mass is 1540 g/mol. The second kappa shape index (κ2) is 33.2. The number of anilines is 2. The maximum atomic E-state index is 14.3. The number of nitrogens with two attached hydrogens (primary N) is 2. The van der Waals surface area contributed by atoms with Crippen molar-refractivity contribution in [3.8, 4) is 47.0 Å². The number of hydrogen-bond acceptors (Lipinski definition) is 18. The number of nitrogen functional groups attached to an aromatic ring is 2. The second-order valence-corrected chi connectivity index (χ2v) is 36.7. The number of fused-ring (bicyclic) bond motifs is 16. The van der Waals surface area contributed by atoms with E-state index >= 15 is 0 Å². The number of carbonyl (C=O) groups excluding carboxylic acids is 3. The van der Waals surface area contributed by atoms with E-state index in [1.807, 2.05) is 104 Å². The summed E-state index contributed by atoms with van der Waals surface area (Å²) in [6, 6.07) is 35.4. The molecule has 2 amide bonds. The van der Waals surface area contributed by atoms with Gasteiger partial charge < -0.3 is 37.4 Å². The number of terminal acetylenes is 1. The minimum atomic E-state index is -1.36. The van der Waals surface area contributed by atoms with E-state index in [0.29, 0.717) is 103 Å². The molecule has 3 unspecified atom stereocenters. The maximum Gasteiger partial charge on any atom is 0.264 e. The van der Waals surface area contributed by atoms with Gasteiger partial charge in [-0.05, 0) is 189 Å². The summed E-state index contributed by atoms with van der Waals surface area (Å²) >= 11 is 6.37. The average molecular weight is 1540 g/mol. The zero-order valence-electron chi connectivity index (χ0n) is 63.9. The molecule has 12 fully saturated rings. The van der Waals surface area contributed by atoms with E-state index in [9.17, 15) is 39.3 Å². The Balaban J connectivity index is 0.000000138. The standard InChI is InChI=1S/C33H31N7O3.C24H19ClN6O2.C12H21NOSi.C9H13NO.C7H11NO.B/c1-21(36-31(41)28-29(34)37-39-16-6-15-35-30(28)39)26-19-23-8-5-7-22(11-14-33(43)20-38-17-12-24(33)13-18-38)27(23)32(42)40(26)25-9-3-2-4-10-25;1-14(28-23(32)20-21(26)29-30-12-6-11-27-22(20)30)18-13-15-7-5-10-17(25)19(15)24(33)31(18)16-8-3-2-4-9-16;1-15(2,3)9-6-12(14)10-13-7-4-11(12)5-8-13;1-2-9(11)7-10-5-3-8(9)4-6-10;9-7-5-8-3-1-6(7)2-4-8;/h2-10,15-16,19,21,24,43H,12-13,17-18,20H2,1H3,(H2,34,37)(H,36,41);2-14H,1H3,(H2,26,29)(H,28,32);11,14H,4-5,7-8,10H2,1-3H3;1,8,11H,3-7H2;6H,1-5H2;/t21-,33?;14-;;;;/m00..../s1. The number of piperidine rings is 12. The highest BCUT2D eigenvalue weighted by Crippen LogP contribution is 2.39. The first-order valence-electron chi connectivity index (χ1n) is 38.3. The fraction of sp³-hybridized carbons (Fsp3) is 0.400. The number of ketones is 1. The molecule has 112 heavy (non-hydrogen) atoms. The van der Waals surface area contributed by atoms with Gasteiger partial charge in [0.2, 0.25) is 0 Å². The fourth-order valence-corrected chi connectivity index (χ4v) is 17.7. The van der Waals surface area contributed by atoms with Crippen LogP contribution in [-0.2, 0) is 4.79 Å². The van der Waals surface area contributed by atoms with Gasteiger partial charge in [0.15, 0.2) is 22.9 Å². The molecule has 10 aromatic rings. The number of aromatic nitrogens is 8. The van der Waals surface area contributed by atoms with Crippen LogP contribution in [0.15, 0.2) is 156 Å². The number of nitrogens with zero attached hydrogens (tertiary/aromatic N) is 12.